The largest absolute Gasteiger partial charge is 0.368 e. The van der Waals surface area contributed by atoms with E-state index in [0.29, 0.717) is 5.95 Å². The summed E-state index contributed by atoms with van der Waals surface area (Å²) >= 11 is 0. The fourth-order valence-corrected chi connectivity index (χ4v) is 1.71. The fourth-order valence-electron chi connectivity index (χ4n) is 1.71. The molecule has 0 aliphatic heterocycles. The molecule has 2 rings (SSSR count). The summed E-state index contributed by atoms with van der Waals surface area (Å²) in [5, 5.41) is 3.31. The van der Waals surface area contributed by atoms with Crippen LogP contribution in [0.15, 0.2) is 36.4 Å². The van der Waals surface area contributed by atoms with Crippen LogP contribution >= 0.6 is 0 Å². The van der Waals surface area contributed by atoms with Gasteiger partial charge in [0.25, 0.3) is 0 Å². The van der Waals surface area contributed by atoms with Crippen molar-refractivity contribution in [2.75, 3.05) is 11.1 Å². The number of nitrogens with two attached hydrogens (primary N) is 1. The molecule has 2 aromatic rings. The molecule has 17 heavy (non-hydrogen) atoms. The highest BCUT2D eigenvalue weighted by atomic mass is 15.1. The Labute approximate surface area is 101 Å². The SMILES string of the molecule is Cc1cc(NC(C)c2ccccc2)nc(N)n1. The summed E-state index contributed by atoms with van der Waals surface area (Å²) < 4.78 is 0. The van der Waals surface area contributed by atoms with Gasteiger partial charge in [0, 0.05) is 17.8 Å². The van der Waals surface area contributed by atoms with E-state index in [1.165, 1.54) is 5.56 Å². The summed E-state index contributed by atoms with van der Waals surface area (Å²) in [7, 11) is 0. The molecule has 0 aliphatic rings. The molecule has 0 aliphatic carbocycles. The minimum absolute atomic E-state index is 0.185. The zero-order valence-corrected chi connectivity index (χ0v) is 10.0. The topological polar surface area (TPSA) is 63.8 Å². The van der Waals surface area contributed by atoms with E-state index in [1.807, 2.05) is 31.2 Å². The molecule has 1 atom stereocenters. The third kappa shape index (κ3) is 2.93. The summed E-state index contributed by atoms with van der Waals surface area (Å²) in [6.45, 7) is 3.99. The Bertz CT molecular complexity index is 476. The second-order valence-electron chi connectivity index (χ2n) is 4.03. The normalized spacial score (nSPS) is 12.1. The zero-order valence-electron chi connectivity index (χ0n) is 10.0. The van der Waals surface area contributed by atoms with Crippen LogP contribution in [0.3, 0.4) is 0 Å². The van der Waals surface area contributed by atoms with Crippen LogP contribution in [-0.2, 0) is 0 Å². The van der Waals surface area contributed by atoms with Gasteiger partial charge in [-0.15, -0.1) is 0 Å². The number of nitrogens with one attached hydrogen (secondary N) is 1. The van der Waals surface area contributed by atoms with E-state index < -0.39 is 0 Å². The van der Waals surface area contributed by atoms with Gasteiger partial charge < -0.3 is 11.1 Å². The van der Waals surface area contributed by atoms with Gasteiger partial charge in [-0.3, -0.25) is 0 Å². The van der Waals surface area contributed by atoms with Gasteiger partial charge in [-0.2, -0.15) is 4.98 Å². The second-order valence-corrected chi connectivity index (χ2v) is 4.03. The van der Waals surface area contributed by atoms with Crippen LogP contribution in [0.5, 0.6) is 0 Å². The first kappa shape index (κ1) is 11.4. The van der Waals surface area contributed by atoms with Gasteiger partial charge in [0.1, 0.15) is 5.82 Å². The molecule has 4 heteroatoms. The Morgan fingerprint density at radius 1 is 1.18 bits per heavy atom. The number of hydrogen-bond donors (Lipinski definition) is 2. The van der Waals surface area contributed by atoms with Crippen LogP contribution in [0.25, 0.3) is 0 Å². The molecule has 1 aromatic heterocycles. The molecule has 88 valence electrons. The van der Waals surface area contributed by atoms with Crippen molar-refractivity contribution in [3.63, 3.8) is 0 Å². The van der Waals surface area contributed by atoms with Gasteiger partial charge in [-0.1, -0.05) is 30.3 Å². The summed E-state index contributed by atoms with van der Waals surface area (Å²) in [5.74, 6) is 1.05. The quantitative estimate of drug-likeness (QED) is 0.847. The summed E-state index contributed by atoms with van der Waals surface area (Å²) in [6, 6.07) is 12.3. The maximum Gasteiger partial charge on any atom is 0.222 e. The Morgan fingerprint density at radius 2 is 1.88 bits per heavy atom. The third-order valence-corrected chi connectivity index (χ3v) is 2.54. The van der Waals surface area contributed by atoms with Gasteiger partial charge in [-0.25, -0.2) is 4.98 Å². The van der Waals surface area contributed by atoms with Crippen LogP contribution in [0.1, 0.15) is 24.2 Å². The lowest BCUT2D eigenvalue weighted by Crippen LogP contribution is -2.09. The molecule has 3 N–H and O–H groups in total. The predicted molar refractivity (Wildman–Crippen MR) is 69.7 cm³/mol. The maximum absolute atomic E-state index is 5.61. The monoisotopic (exact) mass is 228 g/mol. The van der Waals surface area contributed by atoms with Crippen molar-refractivity contribution in [3.05, 3.63) is 47.7 Å². The van der Waals surface area contributed by atoms with Gasteiger partial charge in [0.15, 0.2) is 0 Å². The van der Waals surface area contributed by atoms with Gasteiger partial charge in [0.05, 0.1) is 0 Å². The van der Waals surface area contributed by atoms with Crippen molar-refractivity contribution in [1.82, 2.24) is 9.97 Å². The van der Waals surface area contributed by atoms with Crippen molar-refractivity contribution >= 4 is 11.8 Å². The number of benzene rings is 1. The molecule has 0 saturated heterocycles. The number of rotatable bonds is 3. The number of aryl methyl sites for hydroxylation is 1. The minimum atomic E-state index is 0.185. The Kier molecular flexibility index (Phi) is 3.23. The molecule has 0 radical (unpaired) electrons. The number of nitrogens with zero attached hydrogens (tertiary/aromatic N) is 2. The Hall–Kier alpha value is -2.10. The molecule has 1 unspecified atom stereocenters. The third-order valence-electron chi connectivity index (χ3n) is 2.54. The maximum atomic E-state index is 5.61. The average Bonchev–Trinajstić information content (AvgIpc) is 2.28. The van der Waals surface area contributed by atoms with Gasteiger partial charge >= 0.3 is 0 Å². The van der Waals surface area contributed by atoms with Gasteiger partial charge in [-0.05, 0) is 19.4 Å². The standard InChI is InChI=1S/C13H16N4/c1-9-8-12(17-13(14)15-9)16-10(2)11-6-4-3-5-7-11/h3-8,10H,1-2H3,(H3,14,15,16,17). The van der Waals surface area contributed by atoms with E-state index in [4.69, 9.17) is 5.73 Å². The van der Waals surface area contributed by atoms with Crippen molar-refractivity contribution in [3.8, 4) is 0 Å². The number of anilines is 2. The highest BCUT2D eigenvalue weighted by Crippen LogP contribution is 2.18. The van der Waals surface area contributed by atoms with Crippen LogP contribution in [-0.4, -0.2) is 9.97 Å². The lowest BCUT2D eigenvalue weighted by atomic mass is 10.1. The zero-order chi connectivity index (χ0) is 12.3. The first-order valence-corrected chi connectivity index (χ1v) is 5.58. The minimum Gasteiger partial charge on any atom is -0.368 e. The molecule has 1 aromatic carbocycles. The van der Waals surface area contributed by atoms with Crippen molar-refractivity contribution in [2.24, 2.45) is 0 Å². The van der Waals surface area contributed by atoms with E-state index in [-0.39, 0.29) is 6.04 Å². The predicted octanol–water partition coefficient (Wildman–Crippen LogP) is 2.54. The van der Waals surface area contributed by atoms with Crippen LogP contribution < -0.4 is 11.1 Å². The average molecular weight is 228 g/mol. The summed E-state index contributed by atoms with van der Waals surface area (Å²) in [6.07, 6.45) is 0. The molecule has 4 nitrogen and oxygen atoms in total. The molecular weight excluding hydrogens is 212 g/mol. The van der Waals surface area contributed by atoms with Crippen LogP contribution in [0, 0.1) is 6.92 Å². The van der Waals surface area contributed by atoms with E-state index in [9.17, 15) is 0 Å². The Balaban J connectivity index is 2.16. The lowest BCUT2D eigenvalue weighted by Gasteiger charge is -2.15. The number of hydrogen-bond acceptors (Lipinski definition) is 4. The first-order chi connectivity index (χ1) is 8.15. The summed E-state index contributed by atoms with van der Waals surface area (Å²) in [4.78, 5) is 8.20. The first-order valence-electron chi connectivity index (χ1n) is 5.58. The molecule has 0 fully saturated rings. The smallest absolute Gasteiger partial charge is 0.222 e. The molecule has 0 amide bonds. The van der Waals surface area contributed by atoms with Gasteiger partial charge in [0.2, 0.25) is 5.95 Å². The highest BCUT2D eigenvalue weighted by molar-refractivity contribution is 5.42. The van der Waals surface area contributed by atoms with Crippen LogP contribution in [0.4, 0.5) is 11.8 Å². The van der Waals surface area contributed by atoms with Crippen molar-refractivity contribution in [1.29, 1.82) is 0 Å². The van der Waals surface area contributed by atoms with Crippen molar-refractivity contribution in [2.45, 2.75) is 19.9 Å². The van der Waals surface area contributed by atoms with E-state index in [2.05, 4.69) is 34.3 Å². The molecule has 0 bridgehead atoms. The Morgan fingerprint density at radius 3 is 2.53 bits per heavy atom. The number of nitrogen functional groups attached to an aromatic ring is 1. The van der Waals surface area contributed by atoms with E-state index >= 15 is 0 Å². The summed E-state index contributed by atoms with van der Waals surface area (Å²) in [5.41, 5.74) is 7.68. The highest BCUT2D eigenvalue weighted by Gasteiger charge is 2.06. The fraction of sp³-hybridized carbons (Fsp3) is 0.231. The molecular formula is C13H16N4. The van der Waals surface area contributed by atoms with E-state index in [1.54, 1.807) is 0 Å². The second kappa shape index (κ2) is 4.82. The molecule has 0 spiro atoms. The van der Waals surface area contributed by atoms with E-state index in [0.717, 1.165) is 11.5 Å². The number of aromatic nitrogens is 2. The molecule has 1 heterocycles. The van der Waals surface area contributed by atoms with Crippen molar-refractivity contribution < 1.29 is 0 Å². The lowest BCUT2D eigenvalue weighted by molar-refractivity contribution is 0.871. The van der Waals surface area contributed by atoms with Crippen LogP contribution in [0.2, 0.25) is 0 Å². The molecule has 0 saturated carbocycles.